The van der Waals surface area contributed by atoms with E-state index in [4.69, 9.17) is 4.74 Å². The molecule has 11 nitrogen and oxygen atoms in total. The van der Waals surface area contributed by atoms with Crippen LogP contribution >= 0.6 is 0 Å². The van der Waals surface area contributed by atoms with Crippen molar-refractivity contribution in [2.24, 2.45) is 7.05 Å². The molecule has 0 unspecified atom stereocenters. The summed E-state index contributed by atoms with van der Waals surface area (Å²) in [6.45, 7) is 7.00. The fourth-order valence-corrected chi connectivity index (χ4v) is 4.51. The van der Waals surface area contributed by atoms with Crippen LogP contribution in [-0.4, -0.2) is 72.5 Å². The summed E-state index contributed by atoms with van der Waals surface area (Å²) in [5.41, 5.74) is 0.503. The van der Waals surface area contributed by atoms with Crippen LogP contribution in [0.25, 0.3) is 10.9 Å². The van der Waals surface area contributed by atoms with Crippen LogP contribution in [0.5, 0.6) is 5.75 Å². The number of hydrogen-bond acceptors (Lipinski definition) is 8. The Balaban J connectivity index is 1.24. The second kappa shape index (κ2) is 8.96. The zero-order chi connectivity index (χ0) is 25.6. The van der Waals surface area contributed by atoms with E-state index in [2.05, 4.69) is 25.3 Å². The van der Waals surface area contributed by atoms with Gasteiger partial charge in [-0.3, -0.25) is 9.48 Å². The summed E-state index contributed by atoms with van der Waals surface area (Å²) in [6, 6.07) is 3.45. The molecule has 2 amide bonds. The Hall–Kier alpha value is -3.89. The molecule has 1 aromatic carbocycles. The predicted molar refractivity (Wildman–Crippen MR) is 134 cm³/mol. The van der Waals surface area contributed by atoms with Crippen molar-refractivity contribution in [2.45, 2.75) is 57.7 Å². The van der Waals surface area contributed by atoms with Crippen molar-refractivity contribution >= 4 is 34.4 Å². The number of phenols is 1. The van der Waals surface area contributed by atoms with Crippen LogP contribution < -0.4 is 10.2 Å². The van der Waals surface area contributed by atoms with Crippen molar-refractivity contribution in [2.75, 3.05) is 23.3 Å². The molecule has 36 heavy (non-hydrogen) atoms. The molecule has 3 aromatic rings. The van der Waals surface area contributed by atoms with Gasteiger partial charge in [0.05, 0.1) is 29.6 Å². The Labute approximate surface area is 209 Å². The van der Waals surface area contributed by atoms with Crippen molar-refractivity contribution in [3.8, 4) is 5.75 Å². The second-order valence-corrected chi connectivity index (χ2v) is 10.5. The quantitative estimate of drug-likeness (QED) is 0.519. The van der Waals surface area contributed by atoms with Crippen LogP contribution in [0, 0.1) is 0 Å². The molecule has 190 valence electrons. The highest BCUT2D eigenvalue weighted by molar-refractivity contribution is 6.04. The highest BCUT2D eigenvalue weighted by Crippen LogP contribution is 2.34. The number of phenolic OH excluding ortho intramolecular Hbond substituents is 1. The van der Waals surface area contributed by atoms with Crippen LogP contribution in [0.15, 0.2) is 30.7 Å². The fraction of sp³-hybridized carbons (Fsp3) is 0.480. The summed E-state index contributed by atoms with van der Waals surface area (Å²) in [5.74, 6) is 0.0952. The summed E-state index contributed by atoms with van der Waals surface area (Å²) in [5, 5.41) is 18.0. The average molecular weight is 494 g/mol. The van der Waals surface area contributed by atoms with E-state index in [0.29, 0.717) is 17.9 Å². The summed E-state index contributed by atoms with van der Waals surface area (Å²) >= 11 is 0. The minimum atomic E-state index is -0.537. The minimum Gasteiger partial charge on any atom is -0.506 e. The zero-order valence-corrected chi connectivity index (χ0v) is 20.9. The topological polar surface area (TPSA) is 126 Å². The Morgan fingerprint density at radius 1 is 1.14 bits per heavy atom. The number of nitrogens with zero attached hydrogens (tertiary/aromatic N) is 6. The molecule has 0 radical (unpaired) electrons. The van der Waals surface area contributed by atoms with E-state index in [1.165, 1.54) is 12.3 Å². The van der Waals surface area contributed by atoms with E-state index in [-0.39, 0.29) is 35.3 Å². The second-order valence-electron chi connectivity index (χ2n) is 10.5. The number of fused-ring (bicyclic) bond motifs is 1. The number of anilines is 2. The van der Waals surface area contributed by atoms with Gasteiger partial charge in [-0.05, 0) is 46.1 Å². The first-order chi connectivity index (χ1) is 17.1. The zero-order valence-electron chi connectivity index (χ0n) is 20.9. The van der Waals surface area contributed by atoms with E-state index in [0.717, 1.165) is 31.2 Å². The molecule has 5 rings (SSSR count). The molecule has 0 bridgehead atoms. The van der Waals surface area contributed by atoms with Gasteiger partial charge in [-0.25, -0.2) is 14.8 Å². The van der Waals surface area contributed by atoms with Crippen LogP contribution in [0.4, 0.5) is 16.3 Å². The standard InChI is InChI=1S/C25H31N7O4/c1-25(2,3)36-24(35)32(16-5-6-16)17-7-8-31(14-17)22-12-26-20(11-27-22)23(34)28-19-9-15-13-30(4)29-18(15)10-21(19)33/h9-13,16-17,33H,5-8,14H2,1-4H3,(H,28,34)/t17-/m1/s1. The first-order valence-electron chi connectivity index (χ1n) is 12.1. The number of benzene rings is 1. The van der Waals surface area contributed by atoms with Crippen LogP contribution in [0.2, 0.25) is 0 Å². The molecule has 0 spiro atoms. The molecule has 2 aliphatic rings. The molecular weight excluding hydrogens is 462 g/mol. The van der Waals surface area contributed by atoms with E-state index in [1.807, 2.05) is 25.7 Å². The third-order valence-electron chi connectivity index (χ3n) is 6.28. The fourth-order valence-electron chi connectivity index (χ4n) is 4.51. The summed E-state index contributed by atoms with van der Waals surface area (Å²) in [4.78, 5) is 38.3. The lowest BCUT2D eigenvalue weighted by molar-refractivity contribution is 0.0158. The Morgan fingerprint density at radius 3 is 2.58 bits per heavy atom. The lowest BCUT2D eigenvalue weighted by atomic mass is 10.2. The van der Waals surface area contributed by atoms with Crippen molar-refractivity contribution < 1.29 is 19.4 Å². The molecule has 2 fully saturated rings. The maximum atomic E-state index is 12.8. The van der Waals surface area contributed by atoms with Crippen LogP contribution in [0.3, 0.4) is 0 Å². The van der Waals surface area contributed by atoms with Gasteiger partial charge in [0.1, 0.15) is 22.9 Å². The lowest BCUT2D eigenvalue weighted by Crippen LogP contribution is -2.46. The predicted octanol–water partition coefficient (Wildman–Crippen LogP) is 3.30. The maximum Gasteiger partial charge on any atom is 0.410 e. The van der Waals surface area contributed by atoms with Crippen molar-refractivity contribution in [3.05, 3.63) is 36.4 Å². The molecule has 2 aromatic heterocycles. The Bertz CT molecular complexity index is 1290. The molecular formula is C25H31N7O4. The molecule has 1 aliphatic heterocycles. The smallest absolute Gasteiger partial charge is 0.410 e. The SMILES string of the molecule is Cn1cc2cc(NC(=O)c3cnc(N4CC[C@@H](N(C(=O)OC(C)(C)C)C5CC5)C4)cn3)c(O)cc2n1. The monoisotopic (exact) mass is 493 g/mol. The molecule has 2 N–H and O–H groups in total. The van der Waals surface area contributed by atoms with E-state index in [1.54, 1.807) is 30.2 Å². The van der Waals surface area contributed by atoms with E-state index < -0.39 is 11.5 Å². The average Bonchev–Trinajstić information content (AvgIpc) is 3.38. The summed E-state index contributed by atoms with van der Waals surface area (Å²) < 4.78 is 7.29. The van der Waals surface area contributed by atoms with Gasteiger partial charge in [-0.1, -0.05) is 0 Å². The number of amides is 2. The van der Waals surface area contributed by atoms with Gasteiger partial charge >= 0.3 is 6.09 Å². The van der Waals surface area contributed by atoms with Crippen molar-refractivity contribution in [1.29, 1.82) is 0 Å². The molecule has 1 saturated heterocycles. The van der Waals surface area contributed by atoms with Gasteiger partial charge in [0.25, 0.3) is 5.91 Å². The highest BCUT2D eigenvalue weighted by atomic mass is 16.6. The lowest BCUT2D eigenvalue weighted by Gasteiger charge is -2.31. The molecule has 1 aliphatic carbocycles. The Morgan fingerprint density at radius 2 is 1.92 bits per heavy atom. The largest absolute Gasteiger partial charge is 0.506 e. The first-order valence-corrected chi connectivity index (χ1v) is 12.1. The summed E-state index contributed by atoms with van der Waals surface area (Å²) in [6.07, 6.45) is 7.35. The normalized spacial score (nSPS) is 17.9. The number of ether oxygens (including phenoxy) is 1. The highest BCUT2D eigenvalue weighted by Gasteiger charge is 2.42. The van der Waals surface area contributed by atoms with Crippen molar-refractivity contribution in [3.63, 3.8) is 0 Å². The molecule has 11 heteroatoms. The third-order valence-corrected chi connectivity index (χ3v) is 6.28. The van der Waals surface area contributed by atoms with Gasteiger partial charge in [-0.15, -0.1) is 0 Å². The number of carbonyl (C=O) groups excluding carboxylic acids is 2. The van der Waals surface area contributed by atoms with Gasteiger partial charge in [-0.2, -0.15) is 5.10 Å². The van der Waals surface area contributed by atoms with Crippen molar-refractivity contribution in [1.82, 2.24) is 24.6 Å². The van der Waals surface area contributed by atoms with Crippen LogP contribution in [-0.2, 0) is 11.8 Å². The number of aromatic hydroxyl groups is 1. The van der Waals surface area contributed by atoms with Crippen LogP contribution in [0.1, 0.15) is 50.5 Å². The Kier molecular flexibility index (Phi) is 5.93. The number of hydrogen-bond donors (Lipinski definition) is 2. The third kappa shape index (κ3) is 5.05. The van der Waals surface area contributed by atoms with E-state index in [9.17, 15) is 14.7 Å². The number of nitrogens with one attached hydrogen (secondary N) is 1. The van der Waals surface area contributed by atoms with Gasteiger partial charge in [0.15, 0.2) is 0 Å². The maximum absolute atomic E-state index is 12.8. The van der Waals surface area contributed by atoms with E-state index >= 15 is 0 Å². The first kappa shape index (κ1) is 23.8. The number of rotatable bonds is 5. The van der Waals surface area contributed by atoms with Gasteiger partial charge in [0.2, 0.25) is 0 Å². The van der Waals surface area contributed by atoms with Gasteiger partial charge < -0.3 is 25.0 Å². The number of aryl methyl sites for hydroxylation is 1. The molecule has 3 heterocycles. The number of aromatic nitrogens is 4. The minimum absolute atomic E-state index is 0.0440. The molecule has 1 atom stereocenters. The number of carbonyl (C=O) groups is 2. The van der Waals surface area contributed by atoms with Gasteiger partial charge in [0, 0.05) is 43.8 Å². The summed E-state index contributed by atoms with van der Waals surface area (Å²) in [7, 11) is 1.79. The molecule has 1 saturated carbocycles.